The van der Waals surface area contributed by atoms with Crippen molar-refractivity contribution in [3.05, 3.63) is 28.0 Å². The number of hydrogen-bond donors (Lipinski definition) is 1. The Bertz CT molecular complexity index is 464. The minimum Gasteiger partial charge on any atom is -0.382 e. The molecule has 1 fully saturated rings. The minimum absolute atomic E-state index is 0.194. The Hall–Kier alpha value is -0.560. The summed E-state index contributed by atoms with van der Waals surface area (Å²) in [6.07, 6.45) is -6.02. The largest absolute Gasteiger partial charge is 0.415 e. The van der Waals surface area contributed by atoms with Gasteiger partial charge in [0.05, 0.1) is 0 Å². The lowest BCUT2D eigenvalue weighted by molar-refractivity contribution is -0.219. The molecule has 2 atom stereocenters. The summed E-state index contributed by atoms with van der Waals surface area (Å²) in [7, 11) is 0. The van der Waals surface area contributed by atoms with Crippen molar-refractivity contribution in [2.75, 3.05) is 6.54 Å². The molecule has 0 unspecified atom stereocenters. The summed E-state index contributed by atoms with van der Waals surface area (Å²) in [5, 5.41) is 9.80. The van der Waals surface area contributed by atoms with Gasteiger partial charge < -0.3 is 5.11 Å². The van der Waals surface area contributed by atoms with Crippen LogP contribution in [-0.2, 0) is 6.54 Å². The summed E-state index contributed by atoms with van der Waals surface area (Å²) in [5.74, 6) is 0. The Labute approximate surface area is 124 Å². The second-order valence-corrected chi connectivity index (χ2v) is 5.56. The van der Waals surface area contributed by atoms with E-state index in [0.29, 0.717) is 24.9 Å². The first-order valence-corrected chi connectivity index (χ1v) is 6.84. The highest BCUT2D eigenvalue weighted by molar-refractivity contribution is 6.32. The summed E-state index contributed by atoms with van der Waals surface area (Å²) in [4.78, 5) is 5.38. The molecule has 1 aromatic rings. The normalized spacial score (nSPS) is 22.2. The quantitative estimate of drug-likeness (QED) is 0.865. The maximum absolute atomic E-state index is 12.6. The Balaban J connectivity index is 2.11. The molecule has 2 rings (SSSR count). The molecule has 8 heteroatoms. The van der Waals surface area contributed by atoms with Crippen molar-refractivity contribution in [2.24, 2.45) is 0 Å². The van der Waals surface area contributed by atoms with Crippen molar-refractivity contribution in [1.82, 2.24) is 9.88 Å². The predicted octanol–water partition coefficient (Wildman–Crippen LogP) is 3.28. The Morgan fingerprint density at radius 2 is 1.95 bits per heavy atom. The second-order valence-electron chi connectivity index (χ2n) is 4.79. The van der Waals surface area contributed by atoms with Crippen LogP contribution in [0.1, 0.15) is 18.4 Å². The molecule has 1 aromatic heterocycles. The van der Waals surface area contributed by atoms with E-state index in [1.807, 2.05) is 0 Å². The molecule has 0 radical (unpaired) electrons. The highest BCUT2D eigenvalue weighted by atomic mass is 35.5. The van der Waals surface area contributed by atoms with Crippen LogP contribution >= 0.6 is 23.2 Å². The molecule has 0 amide bonds. The molecule has 2 heterocycles. The van der Waals surface area contributed by atoms with Crippen LogP contribution in [0.25, 0.3) is 0 Å². The van der Waals surface area contributed by atoms with Crippen molar-refractivity contribution in [2.45, 2.75) is 37.7 Å². The van der Waals surface area contributed by atoms with Crippen LogP contribution in [-0.4, -0.2) is 39.9 Å². The molecule has 0 aliphatic carbocycles. The van der Waals surface area contributed by atoms with E-state index in [9.17, 15) is 18.3 Å². The maximum Gasteiger partial charge on any atom is 0.415 e. The highest BCUT2D eigenvalue weighted by Crippen LogP contribution is 2.31. The van der Waals surface area contributed by atoms with Gasteiger partial charge in [-0.25, -0.2) is 4.98 Å². The van der Waals surface area contributed by atoms with Crippen LogP contribution in [0.4, 0.5) is 13.2 Å². The van der Waals surface area contributed by atoms with Gasteiger partial charge in [-0.15, -0.1) is 0 Å². The molecule has 1 aliphatic rings. The van der Waals surface area contributed by atoms with Gasteiger partial charge >= 0.3 is 6.18 Å². The number of aliphatic hydroxyl groups is 1. The smallest absolute Gasteiger partial charge is 0.382 e. The van der Waals surface area contributed by atoms with Gasteiger partial charge in [-0.05, 0) is 37.1 Å². The van der Waals surface area contributed by atoms with Gasteiger partial charge in [-0.3, -0.25) is 4.90 Å². The highest BCUT2D eigenvalue weighted by Gasteiger charge is 2.46. The molecule has 0 bridgehead atoms. The number of rotatable bonds is 3. The number of aliphatic hydroxyl groups excluding tert-OH is 1. The predicted molar refractivity (Wildman–Crippen MR) is 69.8 cm³/mol. The van der Waals surface area contributed by atoms with Crippen LogP contribution in [0.15, 0.2) is 12.1 Å². The van der Waals surface area contributed by atoms with Crippen LogP contribution in [0.5, 0.6) is 0 Å². The summed E-state index contributed by atoms with van der Waals surface area (Å²) in [6.45, 7) is 0.745. The third-order valence-electron chi connectivity index (χ3n) is 3.32. The van der Waals surface area contributed by atoms with E-state index in [-0.39, 0.29) is 16.9 Å². The van der Waals surface area contributed by atoms with E-state index < -0.39 is 18.3 Å². The van der Waals surface area contributed by atoms with E-state index in [4.69, 9.17) is 23.2 Å². The molecule has 3 nitrogen and oxygen atoms in total. The second kappa shape index (κ2) is 6.05. The number of nitrogens with zero attached hydrogens (tertiary/aromatic N) is 2. The van der Waals surface area contributed by atoms with Gasteiger partial charge in [0.15, 0.2) is 6.10 Å². The molecule has 0 saturated carbocycles. The van der Waals surface area contributed by atoms with Gasteiger partial charge in [-0.2, -0.15) is 13.2 Å². The molecule has 1 saturated heterocycles. The van der Waals surface area contributed by atoms with Crippen molar-refractivity contribution in [3.63, 3.8) is 0 Å². The van der Waals surface area contributed by atoms with E-state index in [0.717, 1.165) is 0 Å². The monoisotopic (exact) mass is 328 g/mol. The van der Waals surface area contributed by atoms with E-state index in [1.54, 1.807) is 17.0 Å². The van der Waals surface area contributed by atoms with Crippen molar-refractivity contribution >= 4 is 23.2 Å². The fourth-order valence-corrected chi connectivity index (χ4v) is 2.97. The topological polar surface area (TPSA) is 36.4 Å². The van der Waals surface area contributed by atoms with Crippen LogP contribution in [0.2, 0.25) is 10.3 Å². The number of hydrogen-bond acceptors (Lipinski definition) is 3. The number of aromatic nitrogens is 1. The Morgan fingerprint density at radius 1 is 1.35 bits per heavy atom. The Kier molecular flexibility index (Phi) is 4.79. The lowest BCUT2D eigenvalue weighted by Crippen LogP contribution is -2.46. The first-order chi connectivity index (χ1) is 9.27. The molecule has 1 aliphatic heterocycles. The third kappa shape index (κ3) is 3.75. The zero-order valence-corrected chi connectivity index (χ0v) is 11.9. The lowest BCUT2D eigenvalue weighted by atomic mass is 10.1. The standard InChI is InChI=1S/C12H13Cl2F3N2O/c13-9-4-7(5-10(14)18-9)6-19-3-1-2-8(19)11(20)12(15,16)17/h4-5,8,11,20H,1-3,6H2/t8-,11-/m0/s1. The van der Waals surface area contributed by atoms with Gasteiger partial charge in [0.2, 0.25) is 0 Å². The Morgan fingerprint density at radius 3 is 2.50 bits per heavy atom. The molecular weight excluding hydrogens is 316 g/mol. The van der Waals surface area contributed by atoms with Crippen molar-refractivity contribution in [3.8, 4) is 0 Å². The average molecular weight is 329 g/mol. The SMILES string of the molecule is O[C@@H]([C@@H]1CCCN1Cc1cc(Cl)nc(Cl)c1)C(F)(F)F. The zero-order valence-electron chi connectivity index (χ0n) is 10.4. The van der Waals surface area contributed by atoms with Crippen molar-refractivity contribution < 1.29 is 18.3 Å². The van der Waals surface area contributed by atoms with Gasteiger partial charge in [-0.1, -0.05) is 23.2 Å². The summed E-state index contributed by atoms with van der Waals surface area (Å²) >= 11 is 11.5. The number of likely N-dealkylation sites (tertiary alicyclic amines) is 1. The third-order valence-corrected chi connectivity index (χ3v) is 3.71. The number of alkyl halides is 3. The molecule has 0 spiro atoms. The first kappa shape index (κ1) is 15.8. The zero-order chi connectivity index (χ0) is 14.9. The van der Waals surface area contributed by atoms with Crippen LogP contribution in [0.3, 0.4) is 0 Å². The van der Waals surface area contributed by atoms with Gasteiger partial charge in [0.25, 0.3) is 0 Å². The average Bonchev–Trinajstić information content (AvgIpc) is 2.73. The molecule has 20 heavy (non-hydrogen) atoms. The summed E-state index contributed by atoms with van der Waals surface area (Å²) in [5.41, 5.74) is 0.677. The van der Waals surface area contributed by atoms with Gasteiger partial charge in [0.1, 0.15) is 10.3 Å². The van der Waals surface area contributed by atoms with E-state index in [2.05, 4.69) is 4.98 Å². The van der Waals surface area contributed by atoms with Crippen LogP contribution in [0, 0.1) is 0 Å². The lowest BCUT2D eigenvalue weighted by Gasteiger charge is -2.29. The molecule has 0 aromatic carbocycles. The molecule has 112 valence electrons. The molecule has 1 N–H and O–H groups in total. The first-order valence-electron chi connectivity index (χ1n) is 6.08. The fraction of sp³-hybridized carbons (Fsp3) is 0.583. The van der Waals surface area contributed by atoms with Crippen LogP contribution < -0.4 is 0 Å². The summed E-state index contributed by atoms with van der Waals surface area (Å²) < 4.78 is 37.8. The minimum atomic E-state index is -4.61. The fourth-order valence-electron chi connectivity index (χ4n) is 2.46. The van der Waals surface area contributed by atoms with E-state index in [1.165, 1.54) is 0 Å². The summed E-state index contributed by atoms with van der Waals surface area (Å²) in [6, 6.07) is 2.19. The number of pyridine rings is 1. The maximum atomic E-state index is 12.6. The van der Waals surface area contributed by atoms with E-state index >= 15 is 0 Å². The molecular formula is C12H13Cl2F3N2O. The number of halogens is 5. The van der Waals surface area contributed by atoms with Crippen molar-refractivity contribution in [1.29, 1.82) is 0 Å². The van der Waals surface area contributed by atoms with Gasteiger partial charge in [0, 0.05) is 12.6 Å².